The molecule has 0 aromatic rings. The lowest BCUT2D eigenvalue weighted by Gasteiger charge is -2.60. The van der Waals surface area contributed by atoms with Gasteiger partial charge in [0.25, 0.3) is 5.91 Å². The third-order valence-corrected chi connectivity index (χ3v) is 16.1. The maximum atomic E-state index is 14.1. The molecule has 13 nitrogen and oxygen atoms in total. The van der Waals surface area contributed by atoms with Crippen molar-refractivity contribution in [3.8, 4) is 0 Å². The second-order valence-electron chi connectivity index (χ2n) is 20.1. The highest BCUT2D eigenvalue weighted by atomic mass is 16.6. The second kappa shape index (κ2) is 16.8. The molecule has 13 heteroatoms. The number of esters is 1. The molecule has 5 rings (SSSR count). The van der Waals surface area contributed by atoms with E-state index in [9.17, 15) is 50.1 Å². The first kappa shape index (κ1) is 46.1. The zero-order valence-corrected chi connectivity index (χ0v) is 35.9. The summed E-state index contributed by atoms with van der Waals surface area (Å²) in [5.41, 5.74) is -5.17. The van der Waals surface area contributed by atoms with Gasteiger partial charge >= 0.3 is 5.97 Å². The fourth-order valence-electron chi connectivity index (χ4n) is 12.5. The van der Waals surface area contributed by atoms with Crippen molar-refractivity contribution in [2.24, 2.45) is 46.3 Å². The lowest BCUT2D eigenvalue weighted by Crippen LogP contribution is -2.63. The van der Waals surface area contributed by atoms with Crippen molar-refractivity contribution >= 4 is 17.7 Å². The number of aliphatic hydroxyl groups excluding tert-OH is 4. The minimum atomic E-state index is -1.88. The smallest absolute Gasteiger partial charge is 0.311 e. The van der Waals surface area contributed by atoms with Crippen LogP contribution in [0.1, 0.15) is 127 Å². The maximum absolute atomic E-state index is 14.1. The number of nitrogens with zero attached hydrogens (tertiary/aromatic N) is 1. The number of hydrogen-bond acceptors (Lipinski definition) is 12. The lowest BCUT2D eigenvalue weighted by molar-refractivity contribution is -0.193. The highest BCUT2D eigenvalue weighted by Crippen LogP contribution is 2.67. The third-order valence-electron chi connectivity index (χ3n) is 16.1. The summed E-state index contributed by atoms with van der Waals surface area (Å²) in [5.74, 6) is -3.18. The molecular formula is C44H74N2O11. The van der Waals surface area contributed by atoms with Gasteiger partial charge in [-0.25, -0.2) is 0 Å². The summed E-state index contributed by atoms with van der Waals surface area (Å²) >= 11 is 0. The normalized spacial score (nSPS) is 49.0. The number of amides is 1. The van der Waals surface area contributed by atoms with Crippen LogP contribution < -0.4 is 5.32 Å². The van der Waals surface area contributed by atoms with Crippen molar-refractivity contribution in [3.05, 3.63) is 11.6 Å². The number of rotatable bonds is 6. The zero-order chi connectivity index (χ0) is 42.6. The van der Waals surface area contributed by atoms with Gasteiger partial charge in [0.2, 0.25) is 0 Å². The predicted octanol–water partition coefficient (Wildman–Crippen LogP) is 2.64. The number of nitrogens with one attached hydrogen (secondary N) is 1. The molecule has 0 aromatic heterocycles. The number of allylic oxidation sites excluding steroid dienone is 1. The molecule has 0 bridgehead atoms. The molecule has 0 spiro atoms. The molecule has 1 aliphatic heterocycles. The van der Waals surface area contributed by atoms with Gasteiger partial charge in [-0.15, -0.1) is 0 Å². The molecule has 1 heterocycles. The van der Waals surface area contributed by atoms with Crippen molar-refractivity contribution in [3.63, 3.8) is 0 Å². The second-order valence-corrected chi connectivity index (χ2v) is 20.1. The Bertz CT molecular complexity index is 1520. The molecule has 326 valence electrons. The van der Waals surface area contributed by atoms with Crippen LogP contribution in [-0.4, -0.2) is 131 Å². The SMILES string of the molecule is CC[C@H]1OC(=O)[C@H](C)[C@@H](O)[C@H](C)[C@@H](O)[C@](C)(O)C[C@@H](C)CN(CCCNC(=O)[C@@]2(O)CCC3C4CCC5=CC(=O)CC[C@]5(C)C4[C@@H](O)C[C@@]32C)[C@H](C)[C@@H](O)[C@]1(C)O. The van der Waals surface area contributed by atoms with Gasteiger partial charge < -0.3 is 45.8 Å². The average Bonchev–Trinajstić information content (AvgIpc) is 3.42. The van der Waals surface area contributed by atoms with Gasteiger partial charge in [0.1, 0.15) is 23.4 Å². The quantitative estimate of drug-likeness (QED) is 0.144. The number of cyclic esters (lactones) is 1. The van der Waals surface area contributed by atoms with Crippen LogP contribution in [0.15, 0.2) is 11.6 Å². The van der Waals surface area contributed by atoms with Gasteiger partial charge in [-0.2, -0.15) is 0 Å². The van der Waals surface area contributed by atoms with Crippen molar-refractivity contribution in [2.45, 2.75) is 180 Å². The number of aliphatic hydroxyl groups is 7. The van der Waals surface area contributed by atoms with Crippen LogP contribution in [0.25, 0.3) is 0 Å². The largest absolute Gasteiger partial charge is 0.459 e. The Morgan fingerprint density at radius 3 is 2.25 bits per heavy atom. The molecule has 5 aliphatic rings. The molecule has 0 aromatic carbocycles. The summed E-state index contributed by atoms with van der Waals surface area (Å²) in [7, 11) is 0. The van der Waals surface area contributed by atoms with Crippen LogP contribution in [0.4, 0.5) is 0 Å². The number of fused-ring (bicyclic) bond motifs is 5. The van der Waals surface area contributed by atoms with Crippen molar-refractivity contribution < 1.29 is 54.9 Å². The van der Waals surface area contributed by atoms with E-state index in [1.54, 1.807) is 26.8 Å². The van der Waals surface area contributed by atoms with E-state index in [0.717, 1.165) is 18.4 Å². The summed E-state index contributed by atoms with van der Waals surface area (Å²) in [4.78, 5) is 41.5. The monoisotopic (exact) mass is 807 g/mol. The van der Waals surface area contributed by atoms with Gasteiger partial charge in [-0.1, -0.05) is 40.2 Å². The summed E-state index contributed by atoms with van der Waals surface area (Å²) in [5, 5.41) is 84.2. The van der Waals surface area contributed by atoms with Gasteiger partial charge in [0, 0.05) is 43.4 Å². The fraction of sp³-hybridized carbons (Fsp3) is 0.886. The standard InChI is InChI=1S/C44H74N2O11/c1-10-33-43(9,55)37(51)27(5)46(23-24(2)21-42(8,54)36(50)25(3)35(49)26(4)38(52)57-33)19-11-18-45-39(53)44(56)17-15-31-30-13-12-28-20-29(47)14-16-40(28,6)34(30)32(48)22-41(31,44)7/h20,24-27,30-37,48-51,54-56H,10-19,21-23H2,1-9H3,(H,45,53)/t24-,25+,26-,27-,30?,31?,32+,33-,34?,35+,36-,37-,40+,41+,42-,43-,44+/m1/s1. The fourth-order valence-corrected chi connectivity index (χ4v) is 12.5. The Hall–Kier alpha value is -1.97. The van der Waals surface area contributed by atoms with Crippen LogP contribution in [0.5, 0.6) is 0 Å². The van der Waals surface area contributed by atoms with Crippen LogP contribution in [-0.2, 0) is 19.1 Å². The summed E-state index contributed by atoms with van der Waals surface area (Å²) < 4.78 is 5.71. The summed E-state index contributed by atoms with van der Waals surface area (Å²) in [6.45, 7) is 16.4. The molecule has 4 aliphatic carbocycles. The molecule has 1 amide bonds. The van der Waals surface area contributed by atoms with Crippen LogP contribution in [0, 0.1) is 46.3 Å². The van der Waals surface area contributed by atoms with Gasteiger partial charge in [-0.3, -0.25) is 19.3 Å². The molecule has 57 heavy (non-hydrogen) atoms. The highest BCUT2D eigenvalue weighted by Gasteiger charge is 2.68. The average molecular weight is 807 g/mol. The van der Waals surface area contributed by atoms with E-state index in [-0.39, 0.29) is 54.3 Å². The van der Waals surface area contributed by atoms with E-state index in [4.69, 9.17) is 4.74 Å². The molecule has 17 atom stereocenters. The molecule has 1 saturated heterocycles. The minimum Gasteiger partial charge on any atom is -0.459 e. The molecule has 8 N–H and O–H groups in total. The van der Waals surface area contributed by atoms with Gasteiger partial charge in [0.15, 0.2) is 5.78 Å². The van der Waals surface area contributed by atoms with E-state index in [1.807, 2.05) is 18.7 Å². The summed E-state index contributed by atoms with van der Waals surface area (Å²) in [6, 6.07) is -0.682. The molecule has 4 fully saturated rings. The zero-order valence-electron chi connectivity index (χ0n) is 35.9. The number of carbonyl (C=O) groups excluding carboxylic acids is 3. The summed E-state index contributed by atoms with van der Waals surface area (Å²) in [6.07, 6.45) is 0.615. The Balaban J connectivity index is 1.30. The number of ether oxygens (including phenoxy) is 1. The molecule has 3 saturated carbocycles. The van der Waals surface area contributed by atoms with Crippen LogP contribution in [0.2, 0.25) is 0 Å². The van der Waals surface area contributed by atoms with E-state index in [1.165, 1.54) is 20.8 Å². The first-order valence-electron chi connectivity index (χ1n) is 21.7. The Morgan fingerprint density at radius 1 is 0.930 bits per heavy atom. The molecule has 0 radical (unpaired) electrons. The number of hydrogen-bond donors (Lipinski definition) is 8. The van der Waals surface area contributed by atoms with Crippen molar-refractivity contribution in [1.82, 2.24) is 10.2 Å². The Morgan fingerprint density at radius 2 is 1.60 bits per heavy atom. The first-order valence-corrected chi connectivity index (χ1v) is 21.7. The maximum Gasteiger partial charge on any atom is 0.311 e. The molecular weight excluding hydrogens is 732 g/mol. The topological polar surface area (TPSA) is 217 Å². The van der Waals surface area contributed by atoms with Crippen LogP contribution in [0.3, 0.4) is 0 Å². The minimum absolute atomic E-state index is 0.0296. The van der Waals surface area contributed by atoms with Gasteiger partial charge in [0.05, 0.1) is 29.8 Å². The van der Waals surface area contributed by atoms with E-state index < -0.39 is 82.5 Å². The molecule has 3 unspecified atom stereocenters. The van der Waals surface area contributed by atoms with E-state index in [2.05, 4.69) is 12.2 Å². The Labute approximate surface area is 339 Å². The number of carbonyl (C=O) groups is 3. The van der Waals surface area contributed by atoms with Crippen molar-refractivity contribution in [1.29, 1.82) is 0 Å². The highest BCUT2D eigenvalue weighted by molar-refractivity contribution is 5.91. The van der Waals surface area contributed by atoms with E-state index >= 15 is 0 Å². The predicted molar refractivity (Wildman–Crippen MR) is 213 cm³/mol. The van der Waals surface area contributed by atoms with Crippen LogP contribution >= 0.6 is 0 Å². The van der Waals surface area contributed by atoms with Gasteiger partial charge in [-0.05, 0) is 121 Å². The third kappa shape index (κ3) is 8.27. The van der Waals surface area contributed by atoms with Crippen molar-refractivity contribution in [2.75, 3.05) is 19.6 Å². The first-order chi connectivity index (χ1) is 26.4. The van der Waals surface area contributed by atoms with E-state index in [0.29, 0.717) is 51.6 Å². The Kier molecular flexibility index (Phi) is 13.6. The number of ketones is 1. The lowest BCUT2D eigenvalue weighted by atomic mass is 9.45.